The highest BCUT2D eigenvalue weighted by Crippen LogP contribution is 2.17. The Labute approximate surface area is 510 Å². The zero-order valence-electron chi connectivity index (χ0n) is 54.8. The van der Waals surface area contributed by atoms with Gasteiger partial charge in [0.1, 0.15) is 13.2 Å². The second-order valence-corrected chi connectivity index (χ2v) is 24.1. The maximum absolute atomic E-state index is 13.0. The van der Waals surface area contributed by atoms with Crippen LogP contribution in [0.25, 0.3) is 0 Å². The molecule has 0 aromatic carbocycles. The normalized spacial score (nSPS) is 12.5. The molecule has 0 N–H and O–H groups in total. The Morgan fingerprint density at radius 3 is 0.683 bits per heavy atom. The number of carbonyl (C=O) groups excluding carboxylic acids is 3. The van der Waals surface area contributed by atoms with Crippen LogP contribution in [0.3, 0.4) is 0 Å². The molecule has 0 aromatic rings. The number of rotatable bonds is 66. The van der Waals surface area contributed by atoms with E-state index < -0.39 is 6.10 Å². The SMILES string of the molecule is CCCCCC/C=C\C/C=C\CCCCCCCC(=O)OCC(COC(=O)CCCCCCCCCCCCCCC/C=C\C/C=C\CCCCCCC)OC(=O)CCCCCCCCCCCCC/C=C\C/C=C\CCCCCCC. The van der Waals surface area contributed by atoms with Gasteiger partial charge in [-0.15, -0.1) is 0 Å². The summed E-state index contributed by atoms with van der Waals surface area (Å²) < 4.78 is 17.0. The minimum absolute atomic E-state index is 0.0787. The van der Waals surface area contributed by atoms with Crippen LogP contribution in [0.1, 0.15) is 374 Å². The predicted octanol–water partition coefficient (Wildman–Crippen LogP) is 24.8. The first-order valence-corrected chi connectivity index (χ1v) is 35.9. The summed E-state index contributed by atoms with van der Waals surface area (Å²) in [5.74, 6) is -0.875. The number of ether oxygens (including phenoxy) is 3. The van der Waals surface area contributed by atoms with Gasteiger partial charge in [0, 0.05) is 19.3 Å². The first-order valence-electron chi connectivity index (χ1n) is 35.9. The van der Waals surface area contributed by atoms with E-state index in [0.29, 0.717) is 19.3 Å². The van der Waals surface area contributed by atoms with Crippen LogP contribution in [0.5, 0.6) is 0 Å². The van der Waals surface area contributed by atoms with Gasteiger partial charge in [0.15, 0.2) is 6.10 Å². The zero-order chi connectivity index (χ0) is 59.2. The highest BCUT2D eigenvalue weighted by atomic mass is 16.6. The van der Waals surface area contributed by atoms with Gasteiger partial charge in [0.2, 0.25) is 0 Å². The highest BCUT2D eigenvalue weighted by Gasteiger charge is 2.19. The van der Waals surface area contributed by atoms with E-state index >= 15 is 0 Å². The van der Waals surface area contributed by atoms with E-state index in [-0.39, 0.29) is 31.1 Å². The van der Waals surface area contributed by atoms with E-state index in [9.17, 15) is 14.4 Å². The van der Waals surface area contributed by atoms with E-state index in [2.05, 4.69) is 93.7 Å². The van der Waals surface area contributed by atoms with E-state index in [1.54, 1.807) is 0 Å². The molecule has 0 amide bonds. The summed E-state index contributed by atoms with van der Waals surface area (Å²) in [4.78, 5) is 38.5. The summed E-state index contributed by atoms with van der Waals surface area (Å²) in [7, 11) is 0. The van der Waals surface area contributed by atoms with E-state index in [1.165, 1.54) is 244 Å². The third kappa shape index (κ3) is 67.6. The van der Waals surface area contributed by atoms with Crippen molar-refractivity contribution < 1.29 is 28.6 Å². The van der Waals surface area contributed by atoms with Crippen LogP contribution in [0.4, 0.5) is 0 Å². The summed E-state index contributed by atoms with van der Waals surface area (Å²) in [6.45, 7) is 6.64. The van der Waals surface area contributed by atoms with Crippen molar-refractivity contribution in [1.29, 1.82) is 0 Å². The number of carbonyl (C=O) groups is 3. The molecule has 0 heterocycles. The lowest BCUT2D eigenvalue weighted by Gasteiger charge is -2.18. The number of hydrogen-bond donors (Lipinski definition) is 0. The van der Waals surface area contributed by atoms with Crippen LogP contribution in [0.15, 0.2) is 72.9 Å². The van der Waals surface area contributed by atoms with Crippen molar-refractivity contribution in [1.82, 2.24) is 0 Å². The summed E-state index contributed by atoms with van der Waals surface area (Å²) in [6.07, 6.45) is 92.1. The van der Waals surface area contributed by atoms with E-state index in [4.69, 9.17) is 14.2 Å². The Morgan fingerprint density at radius 2 is 0.439 bits per heavy atom. The fraction of sp³-hybridized carbons (Fsp3) is 0.803. The molecule has 0 aliphatic heterocycles. The summed E-state index contributed by atoms with van der Waals surface area (Å²) in [6, 6.07) is 0. The van der Waals surface area contributed by atoms with Gasteiger partial charge in [0.05, 0.1) is 0 Å². The first kappa shape index (κ1) is 78.8. The average molecular weight is 1150 g/mol. The Kier molecular flexibility index (Phi) is 67.6. The average Bonchev–Trinajstić information content (AvgIpc) is 3.48. The topological polar surface area (TPSA) is 78.9 Å². The molecular weight excluding hydrogens is 1010 g/mol. The number of hydrogen-bond acceptors (Lipinski definition) is 6. The van der Waals surface area contributed by atoms with E-state index in [1.807, 2.05) is 0 Å². The lowest BCUT2D eigenvalue weighted by atomic mass is 10.0. The molecule has 6 heteroatoms. The number of unbranched alkanes of at least 4 members (excludes halogenated alkanes) is 43. The molecule has 0 bridgehead atoms. The second-order valence-electron chi connectivity index (χ2n) is 24.1. The van der Waals surface area contributed by atoms with Crippen LogP contribution < -0.4 is 0 Å². The van der Waals surface area contributed by atoms with Gasteiger partial charge < -0.3 is 14.2 Å². The van der Waals surface area contributed by atoms with Gasteiger partial charge in [0.25, 0.3) is 0 Å². The molecule has 0 rings (SSSR count). The van der Waals surface area contributed by atoms with Crippen molar-refractivity contribution in [3.8, 4) is 0 Å². The third-order valence-corrected chi connectivity index (χ3v) is 15.9. The molecule has 0 aromatic heterocycles. The van der Waals surface area contributed by atoms with E-state index in [0.717, 1.165) is 89.9 Å². The summed E-state index contributed by atoms with van der Waals surface area (Å²) in [5, 5.41) is 0. The monoisotopic (exact) mass is 1150 g/mol. The maximum Gasteiger partial charge on any atom is 0.306 e. The quantitative estimate of drug-likeness (QED) is 0.0261. The smallest absolute Gasteiger partial charge is 0.306 e. The van der Waals surface area contributed by atoms with Gasteiger partial charge in [-0.1, -0.05) is 312 Å². The van der Waals surface area contributed by atoms with Gasteiger partial charge in [-0.3, -0.25) is 14.4 Å². The molecule has 6 nitrogen and oxygen atoms in total. The van der Waals surface area contributed by atoms with Crippen molar-refractivity contribution in [3.05, 3.63) is 72.9 Å². The summed E-state index contributed by atoms with van der Waals surface area (Å²) >= 11 is 0. The number of esters is 3. The van der Waals surface area contributed by atoms with Crippen molar-refractivity contribution in [3.63, 3.8) is 0 Å². The van der Waals surface area contributed by atoms with Crippen LogP contribution in [0, 0.1) is 0 Å². The second kappa shape index (κ2) is 70.3. The Bertz CT molecular complexity index is 1500. The fourth-order valence-corrected chi connectivity index (χ4v) is 10.5. The highest BCUT2D eigenvalue weighted by molar-refractivity contribution is 5.71. The number of allylic oxidation sites excluding steroid dienone is 12. The molecule has 0 aliphatic rings. The van der Waals surface area contributed by atoms with Crippen molar-refractivity contribution in [2.75, 3.05) is 13.2 Å². The third-order valence-electron chi connectivity index (χ3n) is 15.9. The van der Waals surface area contributed by atoms with Crippen LogP contribution in [-0.2, 0) is 28.6 Å². The van der Waals surface area contributed by atoms with Gasteiger partial charge in [-0.2, -0.15) is 0 Å². The minimum atomic E-state index is -0.785. The molecule has 82 heavy (non-hydrogen) atoms. The van der Waals surface area contributed by atoms with Crippen molar-refractivity contribution in [2.24, 2.45) is 0 Å². The molecule has 0 saturated carbocycles. The van der Waals surface area contributed by atoms with Crippen LogP contribution in [0.2, 0.25) is 0 Å². The zero-order valence-corrected chi connectivity index (χ0v) is 54.8. The molecular formula is C76H136O6. The predicted molar refractivity (Wildman–Crippen MR) is 358 cm³/mol. The Balaban J connectivity index is 4.33. The summed E-state index contributed by atoms with van der Waals surface area (Å²) in [5.41, 5.74) is 0. The first-order chi connectivity index (χ1) is 40.5. The fourth-order valence-electron chi connectivity index (χ4n) is 10.5. The van der Waals surface area contributed by atoms with Gasteiger partial charge >= 0.3 is 17.9 Å². The van der Waals surface area contributed by atoms with Crippen molar-refractivity contribution in [2.45, 2.75) is 380 Å². The lowest BCUT2D eigenvalue weighted by molar-refractivity contribution is -0.167. The molecule has 1 atom stereocenters. The largest absolute Gasteiger partial charge is 0.462 e. The Hall–Kier alpha value is -3.15. The standard InChI is InChI=1S/C76H136O6/c1-4-7-10-13-16-19-22-25-28-31-33-35-37-38-40-41-43-45-48-51-54-57-60-63-66-69-75(78)81-72-73(71-80-74(77)68-65-62-59-56-53-50-47-30-27-24-21-18-15-12-9-6-3)82-76(79)70-67-64-61-58-55-52-49-46-44-42-39-36-34-32-29-26-23-20-17-14-11-8-5-2/h21-26,30-34,47,73H,4-20,27-29,35-46,48-72H2,1-3H3/b24-21-,25-22-,26-23-,33-31-,34-32-,47-30-. The molecule has 1 unspecified atom stereocenters. The molecule has 476 valence electrons. The lowest BCUT2D eigenvalue weighted by Crippen LogP contribution is -2.30. The van der Waals surface area contributed by atoms with Crippen molar-refractivity contribution >= 4 is 17.9 Å². The van der Waals surface area contributed by atoms with Crippen LogP contribution >= 0.6 is 0 Å². The van der Waals surface area contributed by atoms with Gasteiger partial charge in [-0.05, 0) is 116 Å². The Morgan fingerprint density at radius 1 is 0.244 bits per heavy atom. The molecule has 0 spiro atoms. The maximum atomic E-state index is 13.0. The minimum Gasteiger partial charge on any atom is -0.462 e. The van der Waals surface area contributed by atoms with Gasteiger partial charge in [-0.25, -0.2) is 0 Å². The molecule has 0 aliphatic carbocycles. The molecule has 0 fully saturated rings. The molecule has 0 saturated heterocycles. The van der Waals surface area contributed by atoms with Crippen LogP contribution in [-0.4, -0.2) is 37.2 Å². The molecule has 0 radical (unpaired) electrons.